The van der Waals surface area contributed by atoms with Gasteiger partial charge in [-0.3, -0.25) is 4.79 Å². The number of allylic oxidation sites excluding steroid dienone is 2. The Kier molecular flexibility index (Phi) is 6.70. The molecule has 4 aliphatic carbocycles. The molecule has 36 heavy (non-hydrogen) atoms. The van der Waals surface area contributed by atoms with Crippen LogP contribution in [-0.2, 0) is 16.2 Å². The van der Waals surface area contributed by atoms with Gasteiger partial charge in [0.05, 0.1) is 17.4 Å². The van der Waals surface area contributed by atoms with Crippen molar-refractivity contribution in [1.82, 2.24) is 5.32 Å². The first-order valence-electron chi connectivity index (χ1n) is 13.4. The molecular weight excluding hydrogens is 456 g/mol. The molecule has 3 fully saturated rings. The molecule has 0 spiro atoms. The van der Waals surface area contributed by atoms with Crippen molar-refractivity contribution in [1.29, 1.82) is 0 Å². The van der Waals surface area contributed by atoms with Gasteiger partial charge in [-0.05, 0) is 104 Å². The van der Waals surface area contributed by atoms with Crippen LogP contribution in [0.1, 0.15) is 81.1 Å². The highest BCUT2D eigenvalue weighted by atomic mass is 16.6. The first kappa shape index (κ1) is 25.0. The van der Waals surface area contributed by atoms with Crippen LogP contribution >= 0.6 is 0 Å². The summed E-state index contributed by atoms with van der Waals surface area (Å²) in [5.41, 5.74) is 3.74. The number of rotatable bonds is 6. The summed E-state index contributed by atoms with van der Waals surface area (Å²) < 4.78 is 0. The first-order chi connectivity index (χ1) is 17.2. The predicted octanol–water partition coefficient (Wildman–Crippen LogP) is 4.70. The van der Waals surface area contributed by atoms with Crippen LogP contribution < -0.4 is 5.32 Å². The smallest absolute Gasteiger partial charge is 0.335 e. The molecule has 1 aromatic carbocycles. The molecule has 5 rings (SSSR count). The number of aliphatic hydroxyl groups excluding tert-OH is 1. The second-order valence-electron chi connectivity index (χ2n) is 11.8. The van der Waals surface area contributed by atoms with Crippen LogP contribution in [0.4, 0.5) is 0 Å². The van der Waals surface area contributed by atoms with Crippen molar-refractivity contribution >= 4 is 17.6 Å². The molecule has 1 aromatic rings. The number of nitrogens with one attached hydrogen (secondary N) is 1. The lowest BCUT2D eigenvalue weighted by atomic mass is 9.47. The molecule has 4 aliphatic rings. The van der Waals surface area contributed by atoms with Crippen molar-refractivity contribution in [2.24, 2.45) is 33.7 Å². The maximum absolute atomic E-state index is 12.2. The van der Waals surface area contributed by atoms with Crippen molar-refractivity contribution in [3.8, 4) is 0 Å². The molecule has 4 unspecified atom stereocenters. The Hall–Kier alpha value is -2.67. The monoisotopic (exact) mass is 494 g/mol. The fraction of sp³-hybridized carbons (Fsp3) is 0.621. The van der Waals surface area contributed by atoms with Gasteiger partial charge < -0.3 is 20.4 Å². The van der Waals surface area contributed by atoms with E-state index < -0.39 is 5.97 Å². The van der Waals surface area contributed by atoms with Crippen LogP contribution in [-0.4, -0.2) is 40.5 Å². The first-order valence-corrected chi connectivity index (χ1v) is 13.4. The van der Waals surface area contributed by atoms with Gasteiger partial charge in [0.25, 0.3) is 5.91 Å². The quantitative estimate of drug-likeness (QED) is 0.497. The summed E-state index contributed by atoms with van der Waals surface area (Å²) >= 11 is 0. The highest BCUT2D eigenvalue weighted by molar-refractivity contribution is 5.96. The normalized spacial score (nSPS) is 36.3. The topological polar surface area (TPSA) is 108 Å². The van der Waals surface area contributed by atoms with Gasteiger partial charge in [0, 0.05) is 6.54 Å². The van der Waals surface area contributed by atoms with Crippen LogP contribution in [0.25, 0.3) is 0 Å². The number of nitrogens with zero attached hydrogens (tertiary/aromatic N) is 1. The van der Waals surface area contributed by atoms with Crippen molar-refractivity contribution < 1.29 is 24.6 Å². The summed E-state index contributed by atoms with van der Waals surface area (Å²) in [5.74, 6) is 0.802. The average Bonchev–Trinajstić information content (AvgIpc) is 3.17. The number of hydrogen-bond acceptors (Lipinski definition) is 5. The van der Waals surface area contributed by atoms with Crippen LogP contribution in [0, 0.1) is 28.6 Å². The standard InChI is InChI=1S/C29H38N2O5/c1-28-13-11-21(31-36-17-26(33)30-16-18-3-5-19(6-4-18)27(34)35)15-20(28)7-8-22-23-9-10-25(32)29(23,2)14-12-24(22)28/h3-6,15,22-25,32H,7-14,16-17H2,1-2H3,(H,30,33)(H,34,35)/b31-21-/t22?,23?,24?,25?,28-,29-/m0/s1. The van der Waals surface area contributed by atoms with E-state index in [1.807, 2.05) is 0 Å². The second kappa shape index (κ2) is 9.66. The maximum Gasteiger partial charge on any atom is 0.335 e. The molecule has 0 radical (unpaired) electrons. The van der Waals surface area contributed by atoms with Gasteiger partial charge in [0.15, 0.2) is 6.61 Å². The summed E-state index contributed by atoms with van der Waals surface area (Å²) in [6.07, 6.45) is 10.7. The Bertz CT molecular complexity index is 1080. The Labute approximate surface area is 213 Å². The number of benzene rings is 1. The van der Waals surface area contributed by atoms with Gasteiger partial charge in [-0.1, -0.05) is 36.7 Å². The number of carboxylic acids is 1. The highest BCUT2D eigenvalue weighted by Gasteiger charge is 2.58. The number of aromatic carboxylic acids is 1. The zero-order valence-electron chi connectivity index (χ0n) is 21.3. The lowest BCUT2D eigenvalue weighted by molar-refractivity contribution is -0.125. The third-order valence-corrected chi connectivity index (χ3v) is 10.00. The van der Waals surface area contributed by atoms with E-state index in [-0.39, 0.29) is 35.0 Å². The molecule has 0 heterocycles. The molecule has 0 aromatic heterocycles. The molecule has 0 aliphatic heterocycles. The van der Waals surface area contributed by atoms with Crippen LogP contribution in [0.15, 0.2) is 41.1 Å². The van der Waals surface area contributed by atoms with Crippen molar-refractivity contribution in [3.63, 3.8) is 0 Å². The van der Waals surface area contributed by atoms with E-state index >= 15 is 0 Å². The van der Waals surface area contributed by atoms with E-state index in [4.69, 9.17) is 9.94 Å². The molecule has 7 nitrogen and oxygen atoms in total. The summed E-state index contributed by atoms with van der Waals surface area (Å²) in [6, 6.07) is 6.42. The molecule has 194 valence electrons. The number of carboxylic acid groups (broad SMARTS) is 1. The van der Waals surface area contributed by atoms with E-state index in [0.29, 0.717) is 24.3 Å². The summed E-state index contributed by atoms with van der Waals surface area (Å²) in [4.78, 5) is 28.5. The van der Waals surface area contributed by atoms with Crippen molar-refractivity contribution in [2.45, 2.75) is 77.9 Å². The fourth-order valence-corrected chi connectivity index (χ4v) is 7.81. The van der Waals surface area contributed by atoms with E-state index in [1.165, 1.54) is 37.0 Å². The van der Waals surface area contributed by atoms with Crippen molar-refractivity contribution in [2.75, 3.05) is 6.61 Å². The van der Waals surface area contributed by atoms with E-state index in [9.17, 15) is 14.7 Å². The summed E-state index contributed by atoms with van der Waals surface area (Å²) in [6.45, 7) is 4.93. The minimum Gasteiger partial charge on any atom is -0.478 e. The van der Waals surface area contributed by atoms with Crippen LogP contribution in [0.2, 0.25) is 0 Å². The van der Waals surface area contributed by atoms with Gasteiger partial charge in [-0.25, -0.2) is 4.79 Å². The molecule has 0 saturated heterocycles. The van der Waals surface area contributed by atoms with Gasteiger partial charge in [0.1, 0.15) is 0 Å². The molecule has 3 N–H and O–H groups in total. The Morgan fingerprint density at radius 3 is 2.58 bits per heavy atom. The molecule has 0 bridgehead atoms. The summed E-state index contributed by atoms with van der Waals surface area (Å²) in [5, 5.41) is 26.7. The minimum absolute atomic E-state index is 0.108. The van der Waals surface area contributed by atoms with Gasteiger partial charge in [-0.15, -0.1) is 0 Å². The van der Waals surface area contributed by atoms with Gasteiger partial charge >= 0.3 is 5.97 Å². The fourth-order valence-electron chi connectivity index (χ4n) is 7.81. The van der Waals surface area contributed by atoms with Crippen LogP contribution in [0.3, 0.4) is 0 Å². The number of hydrogen-bond donors (Lipinski definition) is 3. The summed E-state index contributed by atoms with van der Waals surface area (Å²) in [7, 11) is 0. The highest BCUT2D eigenvalue weighted by Crippen LogP contribution is 2.65. The molecule has 1 amide bonds. The number of oxime groups is 1. The SMILES string of the molecule is C[C@]12CCC3C(CCC4=C/C(=N\OCC(=O)NCc5ccc(C(=O)O)cc5)CC[C@@]43C)C1CCC2O. The number of fused-ring (bicyclic) bond motifs is 5. The molecule has 3 saturated carbocycles. The lowest BCUT2D eigenvalue weighted by Crippen LogP contribution is -2.51. The minimum atomic E-state index is -0.973. The van der Waals surface area contributed by atoms with Gasteiger partial charge in [-0.2, -0.15) is 0 Å². The second-order valence-corrected chi connectivity index (χ2v) is 11.8. The third-order valence-electron chi connectivity index (χ3n) is 10.00. The molecule has 7 heteroatoms. The Balaban J connectivity index is 1.15. The number of amides is 1. The average molecular weight is 495 g/mol. The Morgan fingerprint density at radius 1 is 1.06 bits per heavy atom. The molecule has 6 atom stereocenters. The van der Waals surface area contributed by atoms with Gasteiger partial charge in [0.2, 0.25) is 0 Å². The van der Waals surface area contributed by atoms with E-state index in [2.05, 4.69) is 30.4 Å². The zero-order chi connectivity index (χ0) is 25.5. The number of carbonyl (C=O) groups is 2. The van der Waals surface area contributed by atoms with Crippen LogP contribution in [0.5, 0.6) is 0 Å². The largest absolute Gasteiger partial charge is 0.478 e. The number of carbonyl (C=O) groups excluding carboxylic acids is 1. The Morgan fingerprint density at radius 2 is 1.83 bits per heavy atom. The lowest BCUT2D eigenvalue weighted by Gasteiger charge is -2.57. The maximum atomic E-state index is 12.2. The zero-order valence-corrected chi connectivity index (χ0v) is 21.3. The van der Waals surface area contributed by atoms with E-state index in [1.54, 1.807) is 12.1 Å². The third kappa shape index (κ3) is 4.47. The predicted molar refractivity (Wildman–Crippen MR) is 136 cm³/mol. The number of aliphatic hydroxyl groups is 1. The van der Waals surface area contributed by atoms with E-state index in [0.717, 1.165) is 43.4 Å². The van der Waals surface area contributed by atoms with Crippen molar-refractivity contribution in [3.05, 3.63) is 47.0 Å². The molecular formula is C29H38N2O5.